The molecule has 8 nitrogen and oxygen atoms in total. The molecule has 1 saturated carbocycles. The molecular weight excluding hydrogens is 411 g/mol. The Bertz CT molecular complexity index is 938. The average molecular weight is 440 g/mol. The number of imide groups is 1. The fourth-order valence-corrected chi connectivity index (χ4v) is 6.09. The second kappa shape index (κ2) is 7.90. The van der Waals surface area contributed by atoms with E-state index in [0.29, 0.717) is 31.8 Å². The van der Waals surface area contributed by atoms with Crippen LogP contribution >= 0.6 is 0 Å². The van der Waals surface area contributed by atoms with Crippen molar-refractivity contribution >= 4 is 22.0 Å². The van der Waals surface area contributed by atoms with Crippen LogP contribution in [0.5, 0.6) is 0 Å². The zero-order chi connectivity index (χ0) is 21.5. The topological polar surface area (TPSA) is 91.2 Å². The number of halogens is 1. The molecule has 1 aliphatic carbocycles. The summed E-state index contributed by atoms with van der Waals surface area (Å²) in [5.74, 6) is -0.181. The molecule has 0 atom stereocenters. The van der Waals surface area contributed by atoms with Crippen molar-refractivity contribution < 1.29 is 27.3 Å². The van der Waals surface area contributed by atoms with Gasteiger partial charge in [-0.15, -0.1) is 0 Å². The van der Waals surface area contributed by atoms with Gasteiger partial charge in [-0.3, -0.25) is 4.79 Å². The second-order valence-corrected chi connectivity index (χ2v) is 10.6. The molecule has 1 aromatic rings. The van der Waals surface area contributed by atoms with Crippen molar-refractivity contribution in [3.05, 3.63) is 30.1 Å². The van der Waals surface area contributed by atoms with Crippen molar-refractivity contribution in [2.24, 2.45) is 5.92 Å². The first-order valence-corrected chi connectivity index (χ1v) is 11.9. The Morgan fingerprint density at radius 2 is 1.87 bits per heavy atom. The minimum atomic E-state index is -3.76. The fourth-order valence-electron chi connectivity index (χ4n) is 4.61. The smallest absolute Gasteiger partial charge is 0.323 e. The number of carbonyl (C=O) groups excluding carboxylic acids is 2. The second-order valence-electron chi connectivity index (χ2n) is 8.70. The first kappa shape index (κ1) is 21.2. The molecule has 2 heterocycles. The molecule has 3 amide bonds. The number of rotatable bonds is 4. The standard InChI is InChI=1S/C20H27FN4O4S/c1-15-5-7-20(8-6-15)18(26)25(19(27)22-20)14-23-9-11-24(12-10-23)30(28,29)17-4-2-3-16(21)13-17/h2-4,13,15H,5-12,14H2,1H3,(H,22,27)/p+1. The van der Waals surface area contributed by atoms with Gasteiger partial charge in [0.1, 0.15) is 11.4 Å². The molecule has 1 aromatic carbocycles. The molecule has 4 rings (SSSR count). The molecule has 0 unspecified atom stereocenters. The molecular formula is C20H28FN4O4S+. The Kier molecular flexibility index (Phi) is 5.58. The van der Waals surface area contributed by atoms with Crippen LogP contribution in [0.1, 0.15) is 32.6 Å². The largest absolute Gasteiger partial charge is 0.329 e. The molecule has 0 radical (unpaired) electrons. The van der Waals surface area contributed by atoms with Gasteiger partial charge in [-0.05, 0) is 49.8 Å². The number of nitrogens with zero attached hydrogens (tertiary/aromatic N) is 2. The van der Waals surface area contributed by atoms with Gasteiger partial charge in [0.2, 0.25) is 10.0 Å². The third-order valence-electron chi connectivity index (χ3n) is 6.62. The Morgan fingerprint density at radius 1 is 1.20 bits per heavy atom. The summed E-state index contributed by atoms with van der Waals surface area (Å²) >= 11 is 0. The van der Waals surface area contributed by atoms with Gasteiger partial charge in [0.05, 0.1) is 31.1 Å². The highest BCUT2D eigenvalue weighted by Crippen LogP contribution is 2.36. The van der Waals surface area contributed by atoms with Gasteiger partial charge in [0.15, 0.2) is 6.67 Å². The Labute approximate surface area is 176 Å². The van der Waals surface area contributed by atoms with Crippen LogP contribution in [0.15, 0.2) is 29.2 Å². The molecule has 1 spiro atoms. The zero-order valence-electron chi connectivity index (χ0n) is 17.1. The fraction of sp³-hybridized carbons (Fsp3) is 0.600. The minimum absolute atomic E-state index is 0.0616. The van der Waals surface area contributed by atoms with Crippen LogP contribution in [0.2, 0.25) is 0 Å². The molecule has 2 aliphatic heterocycles. The van der Waals surface area contributed by atoms with Crippen molar-refractivity contribution in [3.63, 3.8) is 0 Å². The van der Waals surface area contributed by atoms with E-state index < -0.39 is 21.4 Å². The van der Waals surface area contributed by atoms with Crippen molar-refractivity contribution in [1.29, 1.82) is 0 Å². The third-order valence-corrected chi connectivity index (χ3v) is 8.51. The Morgan fingerprint density at radius 3 is 2.50 bits per heavy atom. The van der Waals surface area contributed by atoms with Crippen LogP contribution in [0.25, 0.3) is 0 Å². The summed E-state index contributed by atoms with van der Waals surface area (Å²) in [7, 11) is -3.76. The number of quaternary nitrogens is 1. The lowest BCUT2D eigenvalue weighted by Crippen LogP contribution is -3.16. The SMILES string of the molecule is CC1CCC2(CC1)NC(=O)N(C[NH+]1CCN(S(=O)(=O)c3cccc(F)c3)CC1)C2=O. The van der Waals surface area contributed by atoms with Crippen LogP contribution in [-0.4, -0.2) is 67.9 Å². The molecule has 0 bridgehead atoms. The summed E-state index contributed by atoms with van der Waals surface area (Å²) in [4.78, 5) is 27.7. The highest BCUT2D eigenvalue weighted by Gasteiger charge is 2.53. The summed E-state index contributed by atoms with van der Waals surface area (Å²) in [6, 6.07) is 4.64. The molecule has 3 fully saturated rings. The van der Waals surface area contributed by atoms with Gasteiger partial charge in [-0.1, -0.05) is 13.0 Å². The summed E-state index contributed by atoms with van der Waals surface area (Å²) in [6.45, 7) is 3.83. The maximum atomic E-state index is 13.4. The average Bonchev–Trinajstić information content (AvgIpc) is 2.95. The number of piperazine rings is 1. The van der Waals surface area contributed by atoms with E-state index in [1.807, 2.05) is 0 Å². The van der Waals surface area contributed by atoms with E-state index in [9.17, 15) is 22.4 Å². The van der Waals surface area contributed by atoms with E-state index in [0.717, 1.165) is 23.8 Å². The number of hydrogen-bond acceptors (Lipinski definition) is 4. The lowest BCUT2D eigenvalue weighted by molar-refractivity contribution is -0.910. The number of sulfonamides is 1. The van der Waals surface area contributed by atoms with Gasteiger partial charge in [-0.25, -0.2) is 22.5 Å². The van der Waals surface area contributed by atoms with Crippen molar-refractivity contribution in [2.45, 2.75) is 43.0 Å². The Balaban J connectivity index is 1.37. The molecule has 0 aromatic heterocycles. The van der Waals surface area contributed by atoms with E-state index in [4.69, 9.17) is 0 Å². The molecule has 2 saturated heterocycles. The molecule has 164 valence electrons. The van der Waals surface area contributed by atoms with Gasteiger partial charge >= 0.3 is 6.03 Å². The quantitative estimate of drug-likeness (QED) is 0.655. The molecule has 30 heavy (non-hydrogen) atoms. The van der Waals surface area contributed by atoms with E-state index in [1.165, 1.54) is 27.4 Å². The van der Waals surface area contributed by atoms with Crippen LogP contribution < -0.4 is 10.2 Å². The maximum Gasteiger partial charge on any atom is 0.329 e. The van der Waals surface area contributed by atoms with Gasteiger partial charge in [0.25, 0.3) is 5.91 Å². The monoisotopic (exact) mass is 439 g/mol. The number of benzene rings is 1. The lowest BCUT2D eigenvalue weighted by atomic mass is 9.77. The summed E-state index contributed by atoms with van der Waals surface area (Å²) in [5, 5.41) is 2.92. The normalized spacial score (nSPS) is 28.9. The highest BCUT2D eigenvalue weighted by atomic mass is 32.2. The van der Waals surface area contributed by atoms with Crippen molar-refractivity contribution in [2.75, 3.05) is 32.8 Å². The summed E-state index contributed by atoms with van der Waals surface area (Å²) in [6.07, 6.45) is 3.18. The predicted octanol–water partition coefficient (Wildman–Crippen LogP) is 0.173. The van der Waals surface area contributed by atoms with E-state index in [2.05, 4.69) is 12.2 Å². The van der Waals surface area contributed by atoms with Gasteiger partial charge < -0.3 is 10.2 Å². The van der Waals surface area contributed by atoms with Crippen molar-refractivity contribution in [3.8, 4) is 0 Å². The molecule has 2 N–H and O–H groups in total. The highest BCUT2D eigenvalue weighted by molar-refractivity contribution is 7.89. The number of amides is 3. The first-order valence-electron chi connectivity index (χ1n) is 10.4. The molecule has 10 heteroatoms. The summed E-state index contributed by atoms with van der Waals surface area (Å²) < 4.78 is 40.3. The lowest BCUT2D eigenvalue weighted by Gasteiger charge is -2.34. The number of hydrogen-bond donors (Lipinski definition) is 2. The number of carbonyl (C=O) groups is 2. The summed E-state index contributed by atoms with van der Waals surface area (Å²) in [5.41, 5.74) is -0.758. The third kappa shape index (κ3) is 3.83. The zero-order valence-corrected chi connectivity index (χ0v) is 17.9. The van der Waals surface area contributed by atoms with Crippen LogP contribution in [0.3, 0.4) is 0 Å². The maximum absolute atomic E-state index is 13.4. The van der Waals surface area contributed by atoms with Gasteiger partial charge in [0, 0.05) is 0 Å². The van der Waals surface area contributed by atoms with Crippen LogP contribution in [-0.2, 0) is 14.8 Å². The van der Waals surface area contributed by atoms with E-state index >= 15 is 0 Å². The van der Waals surface area contributed by atoms with E-state index in [1.54, 1.807) is 0 Å². The van der Waals surface area contributed by atoms with E-state index in [-0.39, 0.29) is 36.6 Å². The first-order chi connectivity index (χ1) is 14.2. The van der Waals surface area contributed by atoms with Crippen LogP contribution in [0, 0.1) is 11.7 Å². The predicted molar refractivity (Wildman–Crippen MR) is 106 cm³/mol. The number of urea groups is 1. The number of nitrogens with one attached hydrogen (secondary N) is 2. The van der Waals surface area contributed by atoms with Gasteiger partial charge in [-0.2, -0.15) is 4.31 Å². The molecule has 3 aliphatic rings. The van der Waals surface area contributed by atoms with Crippen molar-refractivity contribution in [1.82, 2.24) is 14.5 Å². The minimum Gasteiger partial charge on any atom is -0.323 e. The Hall–Kier alpha value is -2.04. The van der Waals surface area contributed by atoms with Crippen LogP contribution in [0.4, 0.5) is 9.18 Å².